The first-order chi connectivity index (χ1) is 14.2. The molecule has 1 saturated heterocycles. The fourth-order valence-corrected chi connectivity index (χ4v) is 8.07. The van der Waals surface area contributed by atoms with Gasteiger partial charge < -0.3 is 14.7 Å². The van der Waals surface area contributed by atoms with Crippen LogP contribution in [0.5, 0.6) is 0 Å². The Balaban J connectivity index is 1.81. The van der Waals surface area contributed by atoms with Crippen molar-refractivity contribution in [3.8, 4) is 0 Å². The molecule has 1 saturated carbocycles. The van der Waals surface area contributed by atoms with Crippen molar-refractivity contribution in [2.75, 3.05) is 38.7 Å². The minimum atomic E-state index is -0.442. The number of ether oxygens (including phenoxy) is 1. The summed E-state index contributed by atoms with van der Waals surface area (Å²) in [5.74, 6) is 0.849. The Kier molecular flexibility index (Phi) is 7.94. The standard InChI is InChI=1S/C23H33NO3S3/c1-21(2,30-20(28)29-14-11-25)23(19(26)24-9-12-27-13-10-24)16-22(3,17-23)15-18-7-5-4-6-8-18/h4-8,25H,9-17H2,1-3H3. The maximum Gasteiger partial charge on any atom is 0.230 e. The Morgan fingerprint density at radius 3 is 2.47 bits per heavy atom. The van der Waals surface area contributed by atoms with Gasteiger partial charge in [-0.1, -0.05) is 49.5 Å². The van der Waals surface area contributed by atoms with E-state index in [0.29, 0.717) is 32.1 Å². The van der Waals surface area contributed by atoms with E-state index in [1.165, 1.54) is 17.3 Å². The highest BCUT2D eigenvalue weighted by molar-refractivity contribution is 8.47. The molecule has 1 aliphatic carbocycles. The number of carbonyl (C=O) groups is 1. The summed E-state index contributed by atoms with van der Waals surface area (Å²) in [5.41, 5.74) is 0.982. The molecule has 1 amide bonds. The Morgan fingerprint density at radius 1 is 1.23 bits per heavy atom. The summed E-state index contributed by atoms with van der Waals surface area (Å²) in [6.07, 6.45) is 2.70. The molecule has 1 aromatic carbocycles. The van der Waals surface area contributed by atoms with Gasteiger partial charge >= 0.3 is 0 Å². The summed E-state index contributed by atoms with van der Waals surface area (Å²) < 4.78 is 5.97. The van der Waals surface area contributed by atoms with Crippen molar-refractivity contribution in [1.82, 2.24) is 4.90 Å². The summed E-state index contributed by atoms with van der Waals surface area (Å²) >= 11 is 8.72. The first-order valence-electron chi connectivity index (χ1n) is 10.6. The quantitative estimate of drug-likeness (QED) is 0.600. The zero-order chi connectivity index (χ0) is 21.8. The van der Waals surface area contributed by atoms with Gasteiger partial charge in [-0.2, -0.15) is 0 Å². The lowest BCUT2D eigenvalue weighted by molar-refractivity contribution is -0.165. The van der Waals surface area contributed by atoms with Crippen molar-refractivity contribution in [3.05, 3.63) is 35.9 Å². The lowest BCUT2D eigenvalue weighted by atomic mass is 9.47. The van der Waals surface area contributed by atoms with Crippen LogP contribution in [0.3, 0.4) is 0 Å². The molecule has 2 aliphatic rings. The number of amides is 1. The highest BCUT2D eigenvalue weighted by atomic mass is 32.2. The van der Waals surface area contributed by atoms with Crippen LogP contribution in [-0.4, -0.2) is 62.9 Å². The van der Waals surface area contributed by atoms with Crippen molar-refractivity contribution in [2.45, 2.75) is 44.8 Å². The smallest absolute Gasteiger partial charge is 0.230 e. The largest absolute Gasteiger partial charge is 0.396 e. The lowest BCUT2D eigenvalue weighted by Crippen LogP contribution is -2.65. The van der Waals surface area contributed by atoms with E-state index in [1.54, 1.807) is 11.8 Å². The van der Waals surface area contributed by atoms with Gasteiger partial charge in [0.1, 0.15) is 3.53 Å². The van der Waals surface area contributed by atoms with Crippen LogP contribution in [0.15, 0.2) is 30.3 Å². The number of rotatable bonds is 7. The number of benzene rings is 1. The lowest BCUT2D eigenvalue weighted by Gasteiger charge is -2.61. The molecule has 1 aliphatic heterocycles. The van der Waals surface area contributed by atoms with Gasteiger partial charge in [0, 0.05) is 23.6 Å². The molecule has 1 aromatic rings. The van der Waals surface area contributed by atoms with E-state index < -0.39 is 5.41 Å². The van der Waals surface area contributed by atoms with Crippen molar-refractivity contribution < 1.29 is 14.6 Å². The predicted molar refractivity (Wildman–Crippen MR) is 131 cm³/mol. The molecule has 0 bridgehead atoms. The highest BCUT2D eigenvalue weighted by Crippen LogP contribution is 2.65. The van der Waals surface area contributed by atoms with E-state index in [0.717, 1.165) is 22.8 Å². The molecule has 166 valence electrons. The average molecular weight is 468 g/mol. The van der Waals surface area contributed by atoms with Gasteiger partial charge in [0.15, 0.2) is 0 Å². The second kappa shape index (κ2) is 9.90. The van der Waals surface area contributed by atoms with Crippen LogP contribution in [0.4, 0.5) is 0 Å². The molecule has 0 atom stereocenters. The topological polar surface area (TPSA) is 49.8 Å². The Labute approximate surface area is 194 Å². The molecule has 0 aromatic heterocycles. The summed E-state index contributed by atoms with van der Waals surface area (Å²) in [4.78, 5) is 15.8. The summed E-state index contributed by atoms with van der Waals surface area (Å²) in [5, 5.41) is 9.14. The third kappa shape index (κ3) is 5.23. The maximum atomic E-state index is 13.9. The third-order valence-electron chi connectivity index (χ3n) is 6.44. The number of thioether (sulfide) groups is 2. The highest BCUT2D eigenvalue weighted by Gasteiger charge is 2.64. The summed E-state index contributed by atoms with van der Waals surface area (Å²) in [7, 11) is 0. The van der Waals surface area contributed by atoms with Crippen molar-refractivity contribution >= 4 is 45.2 Å². The SMILES string of the molecule is CC1(Cc2ccccc2)CC(C(=O)N2CCOCC2)(C(C)(C)SC(=S)SCCO)C1. The molecule has 0 radical (unpaired) electrons. The number of aliphatic hydroxyl groups is 1. The van der Waals surface area contributed by atoms with E-state index in [2.05, 4.69) is 45.0 Å². The van der Waals surface area contributed by atoms with E-state index in [1.807, 2.05) is 11.0 Å². The van der Waals surface area contributed by atoms with Crippen LogP contribution in [0.25, 0.3) is 0 Å². The molecule has 7 heteroatoms. The number of thiocarbonyl (C=S) groups is 1. The van der Waals surface area contributed by atoms with E-state index in [4.69, 9.17) is 22.1 Å². The first-order valence-corrected chi connectivity index (χ1v) is 12.8. The number of nitrogens with zero attached hydrogens (tertiary/aromatic N) is 1. The Morgan fingerprint density at radius 2 is 1.87 bits per heavy atom. The number of hydrogen-bond acceptors (Lipinski definition) is 6. The summed E-state index contributed by atoms with van der Waals surface area (Å²) in [6.45, 7) is 9.32. The molecule has 3 rings (SSSR count). The molecule has 2 fully saturated rings. The van der Waals surface area contributed by atoms with Crippen LogP contribution in [-0.2, 0) is 16.0 Å². The van der Waals surface area contributed by atoms with Gasteiger partial charge in [-0.3, -0.25) is 4.79 Å². The Hall–Kier alpha value is -0.600. The summed E-state index contributed by atoms with van der Waals surface area (Å²) in [6, 6.07) is 10.6. The van der Waals surface area contributed by atoms with Crippen molar-refractivity contribution in [1.29, 1.82) is 0 Å². The van der Waals surface area contributed by atoms with Crippen LogP contribution in [0, 0.1) is 10.8 Å². The minimum Gasteiger partial charge on any atom is -0.396 e. The maximum absolute atomic E-state index is 13.9. The number of hydrogen-bond donors (Lipinski definition) is 1. The number of aliphatic hydroxyl groups excluding tert-OH is 1. The van der Waals surface area contributed by atoms with E-state index in [-0.39, 0.29) is 22.7 Å². The van der Waals surface area contributed by atoms with Gasteiger partial charge in [0.25, 0.3) is 0 Å². The van der Waals surface area contributed by atoms with Crippen molar-refractivity contribution in [3.63, 3.8) is 0 Å². The molecular weight excluding hydrogens is 434 g/mol. The fourth-order valence-electron chi connectivity index (χ4n) is 4.99. The molecule has 1 heterocycles. The van der Waals surface area contributed by atoms with Gasteiger partial charge in [-0.25, -0.2) is 0 Å². The normalized spacial score (nSPS) is 26.9. The van der Waals surface area contributed by atoms with Gasteiger partial charge in [0.05, 0.1) is 25.2 Å². The molecule has 4 nitrogen and oxygen atoms in total. The van der Waals surface area contributed by atoms with Crippen LogP contribution >= 0.6 is 35.7 Å². The fraction of sp³-hybridized carbons (Fsp3) is 0.652. The zero-order valence-corrected chi connectivity index (χ0v) is 20.6. The second-order valence-corrected chi connectivity index (χ2v) is 13.2. The van der Waals surface area contributed by atoms with E-state index in [9.17, 15) is 4.79 Å². The monoisotopic (exact) mass is 467 g/mol. The van der Waals surface area contributed by atoms with Gasteiger partial charge in [-0.15, -0.1) is 23.5 Å². The predicted octanol–water partition coefficient (Wildman–Crippen LogP) is 4.40. The second-order valence-electron chi connectivity index (χ2n) is 9.25. The molecule has 0 unspecified atom stereocenters. The minimum absolute atomic E-state index is 0.0982. The molecule has 0 spiro atoms. The molecule has 1 N–H and O–H groups in total. The van der Waals surface area contributed by atoms with Crippen LogP contribution in [0.2, 0.25) is 0 Å². The van der Waals surface area contributed by atoms with Crippen LogP contribution < -0.4 is 0 Å². The van der Waals surface area contributed by atoms with E-state index >= 15 is 0 Å². The number of carbonyl (C=O) groups excluding carboxylic acids is 1. The third-order valence-corrected chi connectivity index (χ3v) is 9.34. The zero-order valence-electron chi connectivity index (χ0n) is 18.2. The first kappa shape index (κ1) is 24.1. The van der Waals surface area contributed by atoms with Gasteiger partial charge in [-0.05, 0) is 44.1 Å². The molecule has 30 heavy (non-hydrogen) atoms. The average Bonchev–Trinajstić information content (AvgIpc) is 2.70. The van der Waals surface area contributed by atoms with Crippen molar-refractivity contribution in [2.24, 2.45) is 10.8 Å². The molecular formula is C23H33NO3S3. The van der Waals surface area contributed by atoms with Gasteiger partial charge in [0.2, 0.25) is 5.91 Å². The van der Waals surface area contributed by atoms with Crippen LogP contribution in [0.1, 0.15) is 39.2 Å². The number of morpholine rings is 1. The Bertz CT molecular complexity index is 741.